The van der Waals surface area contributed by atoms with Crippen molar-refractivity contribution < 1.29 is 19.0 Å². The minimum absolute atomic E-state index is 0.256. The molecule has 0 aromatic rings. The van der Waals surface area contributed by atoms with E-state index in [0.717, 1.165) is 0 Å². The topological polar surface area (TPSA) is 44.8 Å². The minimum atomic E-state index is -0.909. The van der Waals surface area contributed by atoms with Crippen LogP contribution in [0.4, 0.5) is 0 Å². The van der Waals surface area contributed by atoms with Crippen LogP contribution >= 0.6 is 0 Å². The zero-order chi connectivity index (χ0) is 11.5. The highest BCUT2D eigenvalue weighted by Gasteiger charge is 2.33. The summed E-state index contributed by atoms with van der Waals surface area (Å²) < 4.78 is 15.2. The zero-order valence-corrected chi connectivity index (χ0v) is 9.34. The van der Waals surface area contributed by atoms with E-state index in [1.165, 1.54) is 7.11 Å². The Morgan fingerprint density at radius 2 is 2.07 bits per heavy atom. The summed E-state index contributed by atoms with van der Waals surface area (Å²) in [4.78, 5) is 11.5. The van der Waals surface area contributed by atoms with Crippen molar-refractivity contribution in [2.45, 2.75) is 26.6 Å². The number of hydrogen-bond acceptors (Lipinski definition) is 4. The second-order valence-electron chi connectivity index (χ2n) is 3.56. The largest absolute Gasteiger partial charge is 0.456 e. The number of cyclic esters (lactones) is 1. The van der Waals surface area contributed by atoms with E-state index in [4.69, 9.17) is 14.2 Å². The molecule has 0 aromatic carbocycles. The summed E-state index contributed by atoms with van der Waals surface area (Å²) in [5.74, 6) is 4.47. The molecule has 1 aliphatic heterocycles. The Labute approximate surface area is 89.2 Å². The van der Waals surface area contributed by atoms with Crippen LogP contribution in [-0.2, 0) is 19.0 Å². The van der Waals surface area contributed by atoms with E-state index in [9.17, 15) is 4.79 Å². The van der Waals surface area contributed by atoms with Crippen LogP contribution in [0.5, 0.6) is 0 Å². The predicted octanol–water partition coefficient (Wildman–Crippen LogP) is 1.22. The number of rotatable bonds is 1. The van der Waals surface area contributed by atoms with Crippen molar-refractivity contribution in [2.75, 3.05) is 13.7 Å². The fourth-order valence-electron chi connectivity index (χ4n) is 1.19. The van der Waals surface area contributed by atoms with Gasteiger partial charge in [-0.05, 0) is 6.92 Å². The lowest BCUT2D eigenvalue weighted by molar-refractivity contribution is -0.206. The molecule has 0 bridgehead atoms. The maximum atomic E-state index is 11.5. The number of hydrogen-bond donors (Lipinski definition) is 0. The first-order valence-corrected chi connectivity index (χ1v) is 4.57. The highest BCUT2D eigenvalue weighted by Crippen LogP contribution is 2.25. The lowest BCUT2D eigenvalue weighted by Crippen LogP contribution is -2.36. The fraction of sp³-hybridized carbons (Fsp3) is 0.545. The average Bonchev–Trinajstić information content (AvgIpc) is 2.08. The zero-order valence-electron chi connectivity index (χ0n) is 9.34. The maximum Gasteiger partial charge on any atom is 0.353 e. The van der Waals surface area contributed by atoms with Crippen LogP contribution in [0.1, 0.15) is 20.8 Å². The molecule has 0 saturated carbocycles. The second kappa shape index (κ2) is 4.37. The average molecular weight is 210 g/mol. The molecule has 0 unspecified atom stereocenters. The normalized spacial score (nSPS) is 18.8. The minimum Gasteiger partial charge on any atom is -0.456 e. The van der Waals surface area contributed by atoms with Crippen molar-refractivity contribution in [1.82, 2.24) is 0 Å². The van der Waals surface area contributed by atoms with Gasteiger partial charge in [-0.25, -0.2) is 4.79 Å². The molecule has 0 amide bonds. The molecule has 0 atom stereocenters. The first-order valence-electron chi connectivity index (χ1n) is 4.57. The quantitative estimate of drug-likeness (QED) is 0.482. The van der Waals surface area contributed by atoms with Crippen LogP contribution in [0, 0.1) is 11.8 Å². The van der Waals surface area contributed by atoms with E-state index in [0.29, 0.717) is 5.76 Å². The van der Waals surface area contributed by atoms with Gasteiger partial charge < -0.3 is 14.2 Å². The molecule has 1 aliphatic rings. The third-order valence-electron chi connectivity index (χ3n) is 1.72. The van der Waals surface area contributed by atoms with Gasteiger partial charge in [0.25, 0.3) is 0 Å². The van der Waals surface area contributed by atoms with Crippen LogP contribution < -0.4 is 0 Å². The van der Waals surface area contributed by atoms with E-state index >= 15 is 0 Å². The second-order valence-corrected chi connectivity index (χ2v) is 3.56. The van der Waals surface area contributed by atoms with Gasteiger partial charge in [0.05, 0.1) is 0 Å². The first-order chi connectivity index (χ1) is 6.96. The van der Waals surface area contributed by atoms with Gasteiger partial charge in [-0.1, -0.05) is 11.8 Å². The Bertz CT molecular complexity index is 355. The van der Waals surface area contributed by atoms with Crippen LogP contribution in [-0.4, -0.2) is 25.5 Å². The van der Waals surface area contributed by atoms with Crippen molar-refractivity contribution in [3.8, 4) is 11.8 Å². The summed E-state index contributed by atoms with van der Waals surface area (Å²) in [6.45, 7) is 5.31. The molecule has 0 aliphatic carbocycles. The van der Waals surface area contributed by atoms with Crippen molar-refractivity contribution in [3.63, 3.8) is 0 Å². The number of allylic oxidation sites excluding steroid dienone is 1. The molecule has 0 radical (unpaired) electrons. The molecule has 0 aromatic heterocycles. The number of ether oxygens (including phenoxy) is 3. The Morgan fingerprint density at radius 1 is 1.40 bits per heavy atom. The van der Waals surface area contributed by atoms with Crippen LogP contribution in [0.2, 0.25) is 0 Å². The van der Waals surface area contributed by atoms with Gasteiger partial charge in [-0.15, -0.1) is 0 Å². The summed E-state index contributed by atoms with van der Waals surface area (Å²) in [6, 6.07) is 0. The van der Waals surface area contributed by atoms with E-state index < -0.39 is 11.8 Å². The molecule has 0 fully saturated rings. The van der Waals surface area contributed by atoms with Crippen LogP contribution in [0.15, 0.2) is 11.3 Å². The molecule has 82 valence electrons. The molecular weight excluding hydrogens is 196 g/mol. The molecule has 15 heavy (non-hydrogen) atoms. The van der Waals surface area contributed by atoms with Gasteiger partial charge in [0.1, 0.15) is 17.9 Å². The van der Waals surface area contributed by atoms with Gasteiger partial charge in [0.2, 0.25) is 5.79 Å². The van der Waals surface area contributed by atoms with Gasteiger partial charge in [0, 0.05) is 21.0 Å². The predicted molar refractivity (Wildman–Crippen MR) is 53.6 cm³/mol. The third-order valence-corrected chi connectivity index (χ3v) is 1.72. The number of methoxy groups -OCH3 is 1. The SMILES string of the molecule is COCC#CC1=C(C)OC(C)(C)OC1=O. The number of esters is 1. The Morgan fingerprint density at radius 3 is 2.60 bits per heavy atom. The van der Waals surface area contributed by atoms with Crippen molar-refractivity contribution in [1.29, 1.82) is 0 Å². The summed E-state index contributed by atoms with van der Waals surface area (Å²) >= 11 is 0. The van der Waals surface area contributed by atoms with E-state index in [1.54, 1.807) is 20.8 Å². The van der Waals surface area contributed by atoms with Crippen molar-refractivity contribution >= 4 is 5.97 Å². The third kappa shape index (κ3) is 3.00. The highest BCUT2D eigenvalue weighted by atomic mass is 16.7. The van der Waals surface area contributed by atoms with E-state index in [1.807, 2.05) is 0 Å². The molecule has 1 rings (SSSR count). The summed E-state index contributed by atoms with van der Waals surface area (Å²) in [5.41, 5.74) is 0.256. The molecule has 0 spiro atoms. The van der Waals surface area contributed by atoms with Crippen molar-refractivity contribution in [2.24, 2.45) is 0 Å². The van der Waals surface area contributed by atoms with Crippen LogP contribution in [0.25, 0.3) is 0 Å². The van der Waals surface area contributed by atoms with E-state index in [2.05, 4.69) is 11.8 Å². The summed E-state index contributed by atoms with van der Waals surface area (Å²) in [6.07, 6.45) is 0. The highest BCUT2D eigenvalue weighted by molar-refractivity contribution is 5.94. The Hall–Kier alpha value is -1.47. The molecule has 4 nitrogen and oxygen atoms in total. The maximum absolute atomic E-state index is 11.5. The molecular formula is C11H14O4. The molecule has 0 saturated heterocycles. The monoisotopic (exact) mass is 210 g/mol. The number of carbonyl (C=O) groups excluding carboxylic acids is 1. The van der Waals surface area contributed by atoms with Gasteiger partial charge in [0.15, 0.2) is 0 Å². The summed E-state index contributed by atoms with van der Waals surface area (Å²) in [7, 11) is 1.54. The lowest BCUT2D eigenvalue weighted by atomic mass is 10.2. The Balaban J connectivity index is 2.89. The van der Waals surface area contributed by atoms with Gasteiger partial charge in [-0.2, -0.15) is 0 Å². The molecule has 4 heteroatoms. The first kappa shape index (κ1) is 11.6. The summed E-state index contributed by atoms with van der Waals surface area (Å²) in [5, 5.41) is 0. The Kier molecular flexibility index (Phi) is 3.38. The smallest absolute Gasteiger partial charge is 0.353 e. The standard InChI is InChI=1S/C11H14O4/c1-8-9(6-5-7-13-4)10(12)15-11(2,3)14-8/h7H2,1-4H3. The van der Waals surface area contributed by atoms with Crippen molar-refractivity contribution in [3.05, 3.63) is 11.3 Å². The number of carbonyl (C=O) groups is 1. The van der Waals surface area contributed by atoms with Gasteiger partial charge in [-0.3, -0.25) is 0 Å². The molecule has 0 N–H and O–H groups in total. The lowest BCUT2D eigenvalue weighted by Gasteiger charge is -2.30. The van der Waals surface area contributed by atoms with Crippen LogP contribution in [0.3, 0.4) is 0 Å². The fourth-order valence-corrected chi connectivity index (χ4v) is 1.19. The van der Waals surface area contributed by atoms with E-state index in [-0.39, 0.29) is 12.2 Å². The van der Waals surface area contributed by atoms with Gasteiger partial charge >= 0.3 is 5.97 Å². The molecule has 1 heterocycles.